The highest BCUT2D eigenvalue weighted by Gasteiger charge is 2.51. The molecule has 0 radical (unpaired) electrons. The van der Waals surface area contributed by atoms with Crippen LogP contribution in [-0.2, 0) is 12.8 Å². The van der Waals surface area contributed by atoms with E-state index in [4.69, 9.17) is 4.52 Å². The van der Waals surface area contributed by atoms with Crippen molar-refractivity contribution in [3.05, 3.63) is 17.0 Å². The summed E-state index contributed by atoms with van der Waals surface area (Å²) in [5, 5.41) is 4.27. The van der Waals surface area contributed by atoms with Crippen LogP contribution in [0.2, 0.25) is 0 Å². The zero-order valence-corrected chi connectivity index (χ0v) is 17.3. The van der Waals surface area contributed by atoms with Gasteiger partial charge in [-0.05, 0) is 54.3 Å². The van der Waals surface area contributed by atoms with Crippen LogP contribution in [0.1, 0.15) is 89.0 Å². The Labute approximate surface area is 157 Å². The fraction of sp³-hybridized carbons (Fsp3) is 0.818. The number of aromatic nitrogens is 1. The maximum atomic E-state index is 13.4. The van der Waals surface area contributed by atoms with Gasteiger partial charge in [-0.3, -0.25) is 4.79 Å². The van der Waals surface area contributed by atoms with Crippen molar-refractivity contribution in [2.75, 3.05) is 6.54 Å². The lowest BCUT2D eigenvalue weighted by Gasteiger charge is -2.39. The Kier molecular flexibility index (Phi) is 3.88. The third kappa shape index (κ3) is 2.99. The SMILES string of the molecule is CC1(C)C[C@H]2C[C@@](C)(CN2C(=O)c2noc3c2C[C@H](C(C)(C)C)CC3)C1. The first-order valence-electron chi connectivity index (χ1n) is 10.3. The first-order chi connectivity index (χ1) is 12.0. The Morgan fingerprint density at radius 3 is 2.65 bits per heavy atom. The maximum Gasteiger partial charge on any atom is 0.276 e. The van der Waals surface area contributed by atoms with E-state index in [2.05, 4.69) is 51.6 Å². The van der Waals surface area contributed by atoms with Crippen molar-refractivity contribution in [2.24, 2.45) is 22.2 Å². The summed E-state index contributed by atoms with van der Waals surface area (Å²) in [6.07, 6.45) is 6.38. The van der Waals surface area contributed by atoms with Gasteiger partial charge in [0, 0.05) is 24.6 Å². The summed E-state index contributed by atoms with van der Waals surface area (Å²) in [5.74, 6) is 1.63. The smallest absolute Gasteiger partial charge is 0.276 e. The summed E-state index contributed by atoms with van der Waals surface area (Å²) in [6.45, 7) is 14.8. The highest BCUT2D eigenvalue weighted by Crippen LogP contribution is 2.53. The predicted octanol–water partition coefficient (Wildman–Crippen LogP) is 4.87. The fourth-order valence-corrected chi connectivity index (χ4v) is 6.14. The number of rotatable bonds is 1. The minimum Gasteiger partial charge on any atom is -0.360 e. The van der Waals surface area contributed by atoms with Gasteiger partial charge in [-0.15, -0.1) is 0 Å². The van der Waals surface area contributed by atoms with Crippen molar-refractivity contribution in [1.82, 2.24) is 10.1 Å². The van der Waals surface area contributed by atoms with Crippen LogP contribution in [0.15, 0.2) is 4.52 Å². The molecule has 144 valence electrons. The zero-order valence-electron chi connectivity index (χ0n) is 17.3. The Bertz CT molecular complexity index is 727. The van der Waals surface area contributed by atoms with E-state index in [1.807, 2.05) is 0 Å². The van der Waals surface area contributed by atoms with E-state index < -0.39 is 0 Å². The minimum absolute atomic E-state index is 0.107. The van der Waals surface area contributed by atoms with Gasteiger partial charge in [0.25, 0.3) is 5.91 Å². The molecule has 4 nitrogen and oxygen atoms in total. The Morgan fingerprint density at radius 2 is 1.96 bits per heavy atom. The second kappa shape index (κ2) is 5.59. The number of likely N-dealkylation sites (tertiary alicyclic amines) is 1. The summed E-state index contributed by atoms with van der Waals surface area (Å²) >= 11 is 0. The molecule has 4 heteroatoms. The largest absolute Gasteiger partial charge is 0.360 e. The molecule has 1 aromatic rings. The van der Waals surface area contributed by atoms with E-state index >= 15 is 0 Å². The summed E-state index contributed by atoms with van der Waals surface area (Å²) < 4.78 is 5.61. The van der Waals surface area contributed by atoms with Crippen molar-refractivity contribution in [1.29, 1.82) is 0 Å². The van der Waals surface area contributed by atoms with E-state index in [9.17, 15) is 4.79 Å². The Balaban J connectivity index is 1.60. The van der Waals surface area contributed by atoms with Crippen LogP contribution >= 0.6 is 0 Å². The molecule has 1 saturated heterocycles. The van der Waals surface area contributed by atoms with Gasteiger partial charge < -0.3 is 9.42 Å². The standard InChI is InChI=1S/C22H34N2O2/c1-20(2,3)14-7-8-17-16(9-14)18(23-26-17)19(25)24-13-22(6)11-15(24)10-21(4,5)12-22/h14-15H,7-13H2,1-6H3/t14-,15+,22-/m1/s1. The molecule has 1 aliphatic heterocycles. The van der Waals surface area contributed by atoms with Crippen molar-refractivity contribution >= 4 is 5.91 Å². The second-order valence-corrected chi connectivity index (χ2v) is 11.4. The molecule has 26 heavy (non-hydrogen) atoms. The molecule has 0 N–H and O–H groups in total. The Morgan fingerprint density at radius 1 is 1.23 bits per heavy atom. The Hall–Kier alpha value is -1.32. The van der Waals surface area contributed by atoms with Crippen LogP contribution in [0, 0.1) is 22.2 Å². The first kappa shape index (κ1) is 18.1. The molecule has 1 amide bonds. The molecule has 2 bridgehead atoms. The zero-order chi connectivity index (χ0) is 18.9. The monoisotopic (exact) mass is 358 g/mol. The second-order valence-electron chi connectivity index (χ2n) is 11.4. The molecule has 4 rings (SSSR count). The lowest BCUT2D eigenvalue weighted by Crippen LogP contribution is -2.38. The molecule has 3 atom stereocenters. The van der Waals surface area contributed by atoms with Gasteiger partial charge in [-0.1, -0.05) is 46.7 Å². The topological polar surface area (TPSA) is 46.3 Å². The van der Waals surface area contributed by atoms with Crippen LogP contribution in [0.25, 0.3) is 0 Å². The summed E-state index contributed by atoms with van der Waals surface area (Å²) in [6, 6.07) is 0.352. The average Bonchev–Trinajstić information content (AvgIpc) is 3.02. The summed E-state index contributed by atoms with van der Waals surface area (Å²) in [4.78, 5) is 15.6. The van der Waals surface area contributed by atoms with Gasteiger partial charge >= 0.3 is 0 Å². The molecule has 0 unspecified atom stereocenters. The van der Waals surface area contributed by atoms with Gasteiger partial charge in [-0.2, -0.15) is 0 Å². The first-order valence-corrected chi connectivity index (χ1v) is 10.3. The minimum atomic E-state index is 0.107. The summed E-state index contributed by atoms with van der Waals surface area (Å²) in [7, 11) is 0. The van der Waals surface area contributed by atoms with Crippen molar-refractivity contribution < 1.29 is 9.32 Å². The van der Waals surface area contributed by atoms with Crippen molar-refractivity contribution in [2.45, 2.75) is 86.1 Å². The fourth-order valence-electron chi connectivity index (χ4n) is 6.14. The molecule has 1 aromatic heterocycles. The van der Waals surface area contributed by atoms with Crippen molar-refractivity contribution in [3.8, 4) is 0 Å². The highest BCUT2D eigenvalue weighted by atomic mass is 16.5. The van der Waals surface area contributed by atoms with Crippen LogP contribution in [0.5, 0.6) is 0 Å². The van der Waals surface area contributed by atoms with Crippen LogP contribution in [0.4, 0.5) is 0 Å². The number of amides is 1. The molecule has 0 aromatic carbocycles. The van der Waals surface area contributed by atoms with Gasteiger partial charge in [0.2, 0.25) is 0 Å². The normalized spacial score (nSPS) is 33.2. The molecular formula is C22H34N2O2. The van der Waals surface area contributed by atoms with E-state index in [0.29, 0.717) is 23.1 Å². The van der Waals surface area contributed by atoms with E-state index in [0.717, 1.165) is 50.0 Å². The molecule has 1 saturated carbocycles. The number of hydrogen-bond acceptors (Lipinski definition) is 3. The number of carbonyl (C=O) groups is 1. The lowest BCUT2D eigenvalue weighted by molar-refractivity contribution is 0.0696. The van der Waals surface area contributed by atoms with Gasteiger partial charge in [0.1, 0.15) is 5.76 Å². The van der Waals surface area contributed by atoms with Crippen LogP contribution in [-0.4, -0.2) is 28.6 Å². The van der Waals surface area contributed by atoms with E-state index in [1.54, 1.807) is 0 Å². The molecular weight excluding hydrogens is 324 g/mol. The third-order valence-corrected chi connectivity index (χ3v) is 7.14. The van der Waals surface area contributed by atoms with Crippen molar-refractivity contribution in [3.63, 3.8) is 0 Å². The summed E-state index contributed by atoms with van der Waals surface area (Å²) in [5.41, 5.74) is 2.50. The molecule has 2 fully saturated rings. The van der Waals surface area contributed by atoms with Gasteiger partial charge in [0.05, 0.1) is 0 Å². The van der Waals surface area contributed by atoms with Gasteiger partial charge in [-0.25, -0.2) is 0 Å². The number of aryl methyl sites for hydroxylation is 1. The molecule has 2 aliphatic carbocycles. The van der Waals surface area contributed by atoms with Crippen LogP contribution < -0.4 is 0 Å². The quantitative estimate of drug-likeness (QED) is 0.720. The highest BCUT2D eigenvalue weighted by molar-refractivity contribution is 5.94. The number of hydrogen-bond donors (Lipinski definition) is 0. The number of fused-ring (bicyclic) bond motifs is 3. The van der Waals surface area contributed by atoms with Crippen LogP contribution in [0.3, 0.4) is 0 Å². The lowest BCUT2D eigenvalue weighted by atomic mass is 9.65. The molecule has 3 aliphatic rings. The molecule has 0 spiro atoms. The van der Waals surface area contributed by atoms with E-state index in [1.165, 1.54) is 6.42 Å². The average molecular weight is 359 g/mol. The predicted molar refractivity (Wildman–Crippen MR) is 102 cm³/mol. The van der Waals surface area contributed by atoms with Gasteiger partial charge in [0.15, 0.2) is 5.69 Å². The third-order valence-electron chi connectivity index (χ3n) is 7.14. The van der Waals surface area contributed by atoms with E-state index in [-0.39, 0.29) is 16.7 Å². The number of nitrogens with zero attached hydrogens (tertiary/aromatic N) is 2. The number of carbonyl (C=O) groups excluding carboxylic acids is 1. The molecule has 2 heterocycles. The maximum absolute atomic E-state index is 13.4.